The molecule has 2 aliphatic heterocycles. The normalized spacial score (nSPS) is 20.5. The highest BCUT2D eigenvalue weighted by molar-refractivity contribution is 7.91. The van der Waals surface area contributed by atoms with Crippen molar-refractivity contribution in [1.29, 1.82) is 0 Å². The number of carbonyl (C=O) groups excluding carboxylic acids is 4. The quantitative estimate of drug-likeness (QED) is 0.461. The molecule has 0 saturated carbocycles. The summed E-state index contributed by atoms with van der Waals surface area (Å²) in [5, 5.41) is 2.59. The summed E-state index contributed by atoms with van der Waals surface area (Å²) in [6, 6.07) is 13.3. The zero-order valence-corrected chi connectivity index (χ0v) is 19.3. The van der Waals surface area contributed by atoms with Gasteiger partial charge in [-0.1, -0.05) is 42.5 Å². The SMILES string of the molecule is C[C@H](OC(=O)[C@H](Cc1ccccc1)N1C(=O)c2ccccc2C1=O)C(=O)N[C@@H]1CCS(=O)(=O)C1. The van der Waals surface area contributed by atoms with Crippen LogP contribution in [0.2, 0.25) is 0 Å². The lowest BCUT2D eigenvalue weighted by Crippen LogP contribution is -2.49. The van der Waals surface area contributed by atoms with Crippen molar-refractivity contribution in [3.63, 3.8) is 0 Å². The molecule has 1 N–H and O–H groups in total. The predicted octanol–water partition coefficient (Wildman–Crippen LogP) is 1.13. The largest absolute Gasteiger partial charge is 0.451 e. The number of esters is 1. The fourth-order valence-electron chi connectivity index (χ4n) is 4.14. The molecule has 2 heterocycles. The van der Waals surface area contributed by atoms with E-state index in [1.807, 2.05) is 0 Å². The maximum Gasteiger partial charge on any atom is 0.330 e. The van der Waals surface area contributed by atoms with Crippen LogP contribution in [0.15, 0.2) is 54.6 Å². The fraction of sp³-hybridized carbons (Fsp3) is 0.333. The number of benzene rings is 2. The molecular formula is C24H24N2O7S. The van der Waals surface area contributed by atoms with Crippen molar-refractivity contribution in [2.75, 3.05) is 11.5 Å². The molecule has 1 fully saturated rings. The van der Waals surface area contributed by atoms with E-state index in [0.717, 1.165) is 4.90 Å². The first-order valence-electron chi connectivity index (χ1n) is 10.9. The van der Waals surface area contributed by atoms with E-state index in [4.69, 9.17) is 4.74 Å². The van der Waals surface area contributed by atoms with E-state index in [1.165, 1.54) is 19.1 Å². The Labute approximate surface area is 197 Å². The van der Waals surface area contributed by atoms with Crippen LogP contribution in [-0.2, 0) is 30.6 Å². The molecule has 0 unspecified atom stereocenters. The molecule has 2 aromatic rings. The first-order chi connectivity index (χ1) is 16.2. The van der Waals surface area contributed by atoms with Crippen LogP contribution < -0.4 is 5.32 Å². The summed E-state index contributed by atoms with van der Waals surface area (Å²) in [5.74, 6) is -2.93. The third-order valence-corrected chi connectivity index (χ3v) is 7.69. The number of ether oxygens (including phenoxy) is 1. The van der Waals surface area contributed by atoms with Gasteiger partial charge in [-0.25, -0.2) is 13.2 Å². The highest BCUT2D eigenvalue weighted by Crippen LogP contribution is 2.26. The van der Waals surface area contributed by atoms with Crippen LogP contribution in [0, 0.1) is 0 Å². The van der Waals surface area contributed by atoms with Gasteiger partial charge in [-0.3, -0.25) is 19.3 Å². The molecule has 1 saturated heterocycles. The number of hydrogen-bond donors (Lipinski definition) is 1. The smallest absolute Gasteiger partial charge is 0.330 e. The first kappa shape index (κ1) is 23.6. The second-order valence-corrected chi connectivity index (χ2v) is 10.6. The summed E-state index contributed by atoms with van der Waals surface area (Å²) in [6.07, 6.45) is -0.940. The Bertz CT molecular complexity index is 1210. The maximum absolute atomic E-state index is 13.2. The second-order valence-electron chi connectivity index (χ2n) is 8.42. The minimum absolute atomic E-state index is 0.00892. The number of nitrogens with zero attached hydrogens (tertiary/aromatic N) is 1. The monoisotopic (exact) mass is 484 g/mol. The molecule has 178 valence electrons. The Balaban J connectivity index is 1.52. The van der Waals surface area contributed by atoms with Gasteiger partial charge < -0.3 is 10.1 Å². The molecule has 2 aromatic carbocycles. The molecule has 0 aliphatic carbocycles. The Morgan fingerprint density at radius 1 is 1.03 bits per heavy atom. The van der Waals surface area contributed by atoms with Gasteiger partial charge >= 0.3 is 5.97 Å². The lowest BCUT2D eigenvalue weighted by molar-refractivity contribution is -0.158. The van der Waals surface area contributed by atoms with Crippen LogP contribution in [0.1, 0.15) is 39.6 Å². The first-order valence-corrected chi connectivity index (χ1v) is 12.7. The molecular weight excluding hydrogens is 460 g/mol. The molecule has 2 aliphatic rings. The van der Waals surface area contributed by atoms with Gasteiger partial charge in [0.15, 0.2) is 15.9 Å². The topological polar surface area (TPSA) is 127 Å². The van der Waals surface area contributed by atoms with Gasteiger partial charge in [0, 0.05) is 12.5 Å². The number of nitrogens with one attached hydrogen (secondary N) is 1. The number of amides is 3. The van der Waals surface area contributed by atoms with Crippen molar-refractivity contribution in [2.24, 2.45) is 0 Å². The summed E-state index contributed by atoms with van der Waals surface area (Å²) in [6.45, 7) is 1.36. The van der Waals surface area contributed by atoms with E-state index in [-0.39, 0.29) is 29.1 Å². The predicted molar refractivity (Wildman–Crippen MR) is 122 cm³/mol. The molecule has 10 heteroatoms. The zero-order valence-electron chi connectivity index (χ0n) is 18.5. The molecule has 34 heavy (non-hydrogen) atoms. The van der Waals surface area contributed by atoms with E-state index in [9.17, 15) is 27.6 Å². The van der Waals surface area contributed by atoms with E-state index in [1.54, 1.807) is 42.5 Å². The van der Waals surface area contributed by atoms with Gasteiger partial charge in [0.05, 0.1) is 22.6 Å². The van der Waals surface area contributed by atoms with Crippen molar-refractivity contribution < 1.29 is 32.3 Å². The van der Waals surface area contributed by atoms with Crippen LogP contribution in [-0.4, -0.2) is 66.7 Å². The molecule has 3 amide bonds. The summed E-state index contributed by atoms with van der Waals surface area (Å²) < 4.78 is 28.6. The standard InChI is InChI=1S/C24H24N2O7S/c1-15(21(27)25-17-11-12-34(31,32)14-17)33-24(30)20(13-16-7-3-2-4-8-16)26-22(28)18-9-5-6-10-19(18)23(26)29/h2-10,15,17,20H,11-14H2,1H3,(H,25,27)/t15-,17+,20-/m0/s1. The molecule has 4 rings (SSSR count). The summed E-state index contributed by atoms with van der Waals surface area (Å²) in [4.78, 5) is 52.6. The Morgan fingerprint density at radius 3 is 2.18 bits per heavy atom. The summed E-state index contributed by atoms with van der Waals surface area (Å²) in [5.41, 5.74) is 1.10. The lowest BCUT2D eigenvalue weighted by Gasteiger charge is -2.26. The van der Waals surface area contributed by atoms with Crippen LogP contribution in [0.4, 0.5) is 0 Å². The summed E-state index contributed by atoms with van der Waals surface area (Å²) in [7, 11) is -3.19. The van der Waals surface area contributed by atoms with E-state index >= 15 is 0 Å². The van der Waals surface area contributed by atoms with Gasteiger partial charge in [-0.2, -0.15) is 0 Å². The molecule has 9 nitrogen and oxygen atoms in total. The number of imide groups is 1. The second kappa shape index (κ2) is 9.38. The Hall–Kier alpha value is -3.53. The zero-order chi connectivity index (χ0) is 24.5. The highest BCUT2D eigenvalue weighted by Gasteiger charge is 2.44. The number of rotatable bonds is 7. The van der Waals surface area contributed by atoms with Gasteiger partial charge in [-0.05, 0) is 31.0 Å². The van der Waals surface area contributed by atoms with E-state index < -0.39 is 51.7 Å². The number of sulfone groups is 1. The van der Waals surface area contributed by atoms with Crippen molar-refractivity contribution in [3.05, 3.63) is 71.3 Å². The maximum atomic E-state index is 13.2. The van der Waals surface area contributed by atoms with Crippen molar-refractivity contribution in [1.82, 2.24) is 10.2 Å². The molecule has 3 atom stereocenters. The fourth-order valence-corrected chi connectivity index (χ4v) is 5.82. The van der Waals surface area contributed by atoms with Gasteiger partial charge in [0.1, 0.15) is 6.04 Å². The Morgan fingerprint density at radius 2 is 1.62 bits per heavy atom. The highest BCUT2D eigenvalue weighted by atomic mass is 32.2. The number of fused-ring (bicyclic) bond motifs is 1. The molecule has 0 spiro atoms. The lowest BCUT2D eigenvalue weighted by atomic mass is 10.0. The molecule has 0 radical (unpaired) electrons. The van der Waals surface area contributed by atoms with Crippen LogP contribution in [0.5, 0.6) is 0 Å². The van der Waals surface area contributed by atoms with Crippen molar-refractivity contribution in [3.8, 4) is 0 Å². The van der Waals surface area contributed by atoms with Gasteiger partial charge in [0.2, 0.25) is 0 Å². The minimum atomic E-state index is -3.19. The van der Waals surface area contributed by atoms with E-state index in [0.29, 0.717) is 12.0 Å². The number of hydrogen-bond acceptors (Lipinski definition) is 7. The van der Waals surface area contributed by atoms with Crippen molar-refractivity contribution >= 4 is 33.5 Å². The minimum Gasteiger partial charge on any atom is -0.451 e. The molecule has 0 aromatic heterocycles. The van der Waals surface area contributed by atoms with Gasteiger partial charge in [0.25, 0.3) is 17.7 Å². The van der Waals surface area contributed by atoms with Crippen LogP contribution in [0.3, 0.4) is 0 Å². The number of carbonyl (C=O) groups is 4. The third kappa shape index (κ3) is 4.86. The third-order valence-electron chi connectivity index (χ3n) is 5.92. The summed E-state index contributed by atoms with van der Waals surface area (Å²) >= 11 is 0. The van der Waals surface area contributed by atoms with E-state index in [2.05, 4.69) is 5.32 Å². The van der Waals surface area contributed by atoms with Crippen LogP contribution in [0.25, 0.3) is 0 Å². The van der Waals surface area contributed by atoms with Crippen molar-refractivity contribution in [2.45, 2.75) is 38.0 Å². The molecule has 0 bridgehead atoms. The average Bonchev–Trinajstić information content (AvgIpc) is 3.28. The van der Waals surface area contributed by atoms with Crippen LogP contribution >= 0.6 is 0 Å². The Kier molecular flexibility index (Phi) is 6.52. The van der Waals surface area contributed by atoms with Gasteiger partial charge in [-0.15, -0.1) is 0 Å². The average molecular weight is 485 g/mol.